The molecule has 128 valence electrons. The smallest absolute Gasteiger partial charge is 0.387 e. The number of benzene rings is 2. The van der Waals surface area contributed by atoms with E-state index in [9.17, 15) is 17.2 Å². The summed E-state index contributed by atoms with van der Waals surface area (Å²) in [6.07, 6.45) is 0. The van der Waals surface area contributed by atoms with Crippen molar-refractivity contribution in [3.05, 3.63) is 54.1 Å². The Bertz CT molecular complexity index is 824. The van der Waals surface area contributed by atoms with E-state index >= 15 is 0 Å². The van der Waals surface area contributed by atoms with Crippen LogP contribution in [0.3, 0.4) is 0 Å². The van der Waals surface area contributed by atoms with E-state index in [1.807, 2.05) is 6.07 Å². The fraction of sp³-hybridized carbons (Fsp3) is 0.250. The highest BCUT2D eigenvalue weighted by atomic mass is 32.2. The van der Waals surface area contributed by atoms with E-state index in [-0.39, 0.29) is 10.6 Å². The van der Waals surface area contributed by atoms with Crippen molar-refractivity contribution in [3.63, 3.8) is 0 Å². The number of sulfonamides is 1. The van der Waals surface area contributed by atoms with Crippen LogP contribution in [0.4, 0.5) is 14.5 Å². The molecule has 8 heteroatoms. The zero-order valence-electron chi connectivity index (χ0n) is 12.6. The summed E-state index contributed by atoms with van der Waals surface area (Å²) < 4.78 is 56.1. The molecule has 0 bridgehead atoms. The summed E-state index contributed by atoms with van der Waals surface area (Å²) in [6, 6.07) is 12.2. The molecule has 1 fully saturated rings. The van der Waals surface area contributed by atoms with E-state index < -0.39 is 16.6 Å². The predicted octanol–water partition coefficient (Wildman–Crippen LogP) is 2.78. The van der Waals surface area contributed by atoms with E-state index in [1.165, 1.54) is 18.2 Å². The summed E-state index contributed by atoms with van der Waals surface area (Å²) >= 11 is 0. The molecule has 2 N–H and O–H groups in total. The molecule has 0 unspecified atom stereocenters. The van der Waals surface area contributed by atoms with Gasteiger partial charge in [-0.2, -0.15) is 8.78 Å². The fourth-order valence-electron chi connectivity index (χ4n) is 2.41. The molecule has 5 nitrogen and oxygen atoms in total. The minimum atomic E-state index is -3.89. The molecular weight excluding hydrogens is 338 g/mol. The van der Waals surface area contributed by atoms with Gasteiger partial charge in [0.2, 0.25) is 0 Å². The maximum absolute atomic E-state index is 12.4. The van der Waals surface area contributed by atoms with Crippen LogP contribution in [0.5, 0.6) is 5.75 Å². The molecule has 24 heavy (non-hydrogen) atoms. The second kappa shape index (κ2) is 6.74. The largest absolute Gasteiger partial charge is 0.435 e. The van der Waals surface area contributed by atoms with Gasteiger partial charge in [-0.3, -0.25) is 4.72 Å². The fourth-order valence-corrected chi connectivity index (χ4v) is 3.50. The number of hydrogen-bond donors (Lipinski definition) is 2. The molecule has 0 spiro atoms. The Labute approximate surface area is 138 Å². The van der Waals surface area contributed by atoms with Crippen molar-refractivity contribution >= 4 is 15.7 Å². The first-order valence-electron chi connectivity index (χ1n) is 7.32. The van der Waals surface area contributed by atoms with E-state index in [2.05, 4.69) is 14.8 Å². The molecule has 1 heterocycles. The van der Waals surface area contributed by atoms with Crippen LogP contribution >= 0.6 is 0 Å². The van der Waals surface area contributed by atoms with Gasteiger partial charge >= 0.3 is 6.61 Å². The number of anilines is 1. The molecule has 2 aromatic rings. The zero-order valence-corrected chi connectivity index (χ0v) is 13.4. The van der Waals surface area contributed by atoms with Gasteiger partial charge in [-0.05, 0) is 29.8 Å². The third kappa shape index (κ3) is 3.82. The number of nitrogens with one attached hydrogen (secondary N) is 2. The van der Waals surface area contributed by atoms with Crippen LogP contribution in [0, 0.1) is 0 Å². The summed E-state index contributed by atoms with van der Waals surface area (Å²) in [4.78, 5) is -0.142. The molecule has 0 aromatic heterocycles. The highest BCUT2D eigenvalue weighted by Crippen LogP contribution is 2.25. The Kier molecular flexibility index (Phi) is 4.68. The second-order valence-electron chi connectivity index (χ2n) is 5.44. The summed E-state index contributed by atoms with van der Waals surface area (Å²) in [5, 5.41) is 3.16. The minimum absolute atomic E-state index is 0.142. The van der Waals surface area contributed by atoms with Crippen molar-refractivity contribution in [2.24, 2.45) is 0 Å². The normalized spacial score (nSPS) is 15.1. The molecule has 0 aliphatic carbocycles. The van der Waals surface area contributed by atoms with Crippen LogP contribution in [-0.4, -0.2) is 28.1 Å². The highest BCUT2D eigenvalue weighted by molar-refractivity contribution is 7.92. The van der Waals surface area contributed by atoms with Crippen molar-refractivity contribution in [1.82, 2.24) is 5.32 Å². The van der Waals surface area contributed by atoms with Crippen molar-refractivity contribution in [1.29, 1.82) is 0 Å². The average Bonchev–Trinajstić information content (AvgIpc) is 2.45. The number of halogens is 2. The van der Waals surface area contributed by atoms with Crippen LogP contribution in [0.25, 0.3) is 0 Å². The molecule has 2 aromatic carbocycles. The third-order valence-electron chi connectivity index (χ3n) is 3.73. The lowest BCUT2D eigenvalue weighted by Crippen LogP contribution is -2.39. The number of ether oxygens (including phenoxy) is 1. The molecule has 0 radical (unpaired) electrons. The molecular formula is C16H16F2N2O3S. The minimum Gasteiger partial charge on any atom is -0.435 e. The Morgan fingerprint density at radius 3 is 2.54 bits per heavy atom. The zero-order chi connectivity index (χ0) is 17.2. The number of alkyl halides is 2. The second-order valence-corrected chi connectivity index (χ2v) is 7.12. The van der Waals surface area contributed by atoms with Crippen LogP contribution in [-0.2, 0) is 10.0 Å². The van der Waals surface area contributed by atoms with E-state index in [4.69, 9.17) is 0 Å². The van der Waals surface area contributed by atoms with Crippen LogP contribution in [0.1, 0.15) is 11.5 Å². The van der Waals surface area contributed by atoms with Gasteiger partial charge in [0.25, 0.3) is 10.0 Å². The number of hydrogen-bond acceptors (Lipinski definition) is 4. The maximum Gasteiger partial charge on any atom is 0.387 e. The summed E-state index contributed by atoms with van der Waals surface area (Å²) in [7, 11) is -3.89. The average molecular weight is 354 g/mol. The van der Waals surface area contributed by atoms with Gasteiger partial charge in [-0.1, -0.05) is 18.2 Å². The van der Waals surface area contributed by atoms with Crippen LogP contribution in [0.15, 0.2) is 53.4 Å². The number of rotatable bonds is 6. The molecule has 0 saturated carbocycles. The molecule has 1 saturated heterocycles. The molecule has 1 aliphatic rings. The lowest BCUT2D eigenvalue weighted by atomic mass is 9.94. The topological polar surface area (TPSA) is 67.4 Å². The van der Waals surface area contributed by atoms with Gasteiger partial charge in [0.15, 0.2) is 0 Å². The van der Waals surface area contributed by atoms with Crippen molar-refractivity contribution in [2.75, 3.05) is 17.8 Å². The highest BCUT2D eigenvalue weighted by Gasteiger charge is 2.20. The van der Waals surface area contributed by atoms with Gasteiger partial charge < -0.3 is 10.1 Å². The van der Waals surface area contributed by atoms with Crippen molar-refractivity contribution < 1.29 is 21.9 Å². The van der Waals surface area contributed by atoms with Crippen molar-refractivity contribution in [2.45, 2.75) is 17.4 Å². The molecule has 0 atom stereocenters. The monoisotopic (exact) mass is 354 g/mol. The van der Waals surface area contributed by atoms with Crippen molar-refractivity contribution in [3.8, 4) is 5.75 Å². The third-order valence-corrected chi connectivity index (χ3v) is 5.11. The van der Waals surface area contributed by atoms with E-state index in [0.29, 0.717) is 11.6 Å². The van der Waals surface area contributed by atoms with Gasteiger partial charge in [-0.25, -0.2) is 8.42 Å². The first-order chi connectivity index (χ1) is 11.4. The van der Waals surface area contributed by atoms with Crippen LogP contribution in [0.2, 0.25) is 0 Å². The Morgan fingerprint density at radius 2 is 1.88 bits per heavy atom. The van der Waals surface area contributed by atoms with Gasteiger partial charge in [0.1, 0.15) is 5.75 Å². The van der Waals surface area contributed by atoms with Gasteiger partial charge in [-0.15, -0.1) is 0 Å². The van der Waals surface area contributed by atoms with Gasteiger partial charge in [0.05, 0.1) is 4.90 Å². The summed E-state index contributed by atoms with van der Waals surface area (Å²) in [5.74, 6) is 0.166. The van der Waals surface area contributed by atoms with E-state index in [0.717, 1.165) is 24.7 Å². The Balaban J connectivity index is 1.81. The lowest BCUT2D eigenvalue weighted by Gasteiger charge is -2.27. The lowest BCUT2D eigenvalue weighted by molar-refractivity contribution is -0.0499. The molecule has 3 rings (SSSR count). The Hall–Kier alpha value is -2.19. The standard InChI is InChI=1S/C16H16F2N2O3S/c17-16(18)23-14-5-2-6-15(8-14)24(21,22)20-13-4-1-3-11(7-13)12-9-19-10-12/h1-8,12,16,19-20H,9-10H2. The van der Waals surface area contributed by atoms with Crippen LogP contribution < -0.4 is 14.8 Å². The summed E-state index contributed by atoms with van der Waals surface area (Å²) in [6.45, 7) is -1.28. The first-order valence-corrected chi connectivity index (χ1v) is 8.81. The maximum atomic E-state index is 12.4. The quantitative estimate of drug-likeness (QED) is 0.837. The van der Waals surface area contributed by atoms with Gasteiger partial charge in [0, 0.05) is 30.8 Å². The van der Waals surface area contributed by atoms with E-state index in [1.54, 1.807) is 18.2 Å². The summed E-state index contributed by atoms with van der Waals surface area (Å²) in [5.41, 5.74) is 1.48. The molecule has 0 amide bonds. The SMILES string of the molecule is O=S(=O)(Nc1cccc(C2CNC2)c1)c1cccc(OC(F)F)c1. The Morgan fingerprint density at radius 1 is 1.12 bits per heavy atom. The molecule has 1 aliphatic heterocycles. The first kappa shape index (κ1) is 16.7. The predicted molar refractivity (Wildman–Crippen MR) is 85.9 cm³/mol.